The van der Waals surface area contributed by atoms with E-state index in [1.807, 2.05) is 6.92 Å². The standard InChI is InChI=1S/C11H21NO/c1-2-3-6-9-12-10-7-4-5-8-11(10)13/h2-3,10-13H,4-9H2,1H3/b3-2+/t10-,11-/m1/s1. The smallest absolute Gasteiger partial charge is 0.0693 e. The molecule has 0 heterocycles. The average molecular weight is 183 g/mol. The third kappa shape index (κ3) is 3.92. The highest BCUT2D eigenvalue weighted by Crippen LogP contribution is 2.18. The van der Waals surface area contributed by atoms with Crippen molar-refractivity contribution in [1.82, 2.24) is 5.32 Å². The Bertz CT molecular complexity index is 156. The van der Waals surface area contributed by atoms with Crippen molar-refractivity contribution in [2.24, 2.45) is 0 Å². The van der Waals surface area contributed by atoms with Crippen LogP contribution in [0.3, 0.4) is 0 Å². The third-order valence-corrected chi connectivity index (χ3v) is 2.68. The molecule has 1 rings (SSSR count). The van der Waals surface area contributed by atoms with Crippen LogP contribution in [0.5, 0.6) is 0 Å². The Kier molecular flexibility index (Phi) is 5.09. The van der Waals surface area contributed by atoms with E-state index >= 15 is 0 Å². The molecule has 0 spiro atoms. The van der Waals surface area contributed by atoms with Crippen molar-refractivity contribution in [1.29, 1.82) is 0 Å². The van der Waals surface area contributed by atoms with Gasteiger partial charge in [0.05, 0.1) is 6.10 Å². The molecule has 0 aromatic rings. The van der Waals surface area contributed by atoms with E-state index in [1.165, 1.54) is 12.8 Å². The fourth-order valence-corrected chi connectivity index (χ4v) is 1.87. The van der Waals surface area contributed by atoms with E-state index in [0.29, 0.717) is 6.04 Å². The number of nitrogens with one attached hydrogen (secondary N) is 1. The number of aliphatic hydroxyl groups excluding tert-OH is 1. The summed E-state index contributed by atoms with van der Waals surface area (Å²) < 4.78 is 0. The maximum absolute atomic E-state index is 9.64. The SMILES string of the molecule is C/C=C/CCN[C@@H]1CCCC[C@H]1O. The number of allylic oxidation sites excluding steroid dienone is 1. The predicted octanol–water partition coefficient (Wildman–Crippen LogP) is 1.85. The maximum atomic E-state index is 9.64. The largest absolute Gasteiger partial charge is 0.392 e. The summed E-state index contributed by atoms with van der Waals surface area (Å²) in [4.78, 5) is 0. The molecule has 0 aromatic carbocycles. The van der Waals surface area contributed by atoms with E-state index in [4.69, 9.17) is 0 Å². The normalized spacial score (nSPS) is 29.7. The van der Waals surface area contributed by atoms with Crippen LogP contribution in [0, 0.1) is 0 Å². The summed E-state index contributed by atoms with van der Waals surface area (Å²) in [5.41, 5.74) is 0. The molecule has 2 heteroatoms. The minimum atomic E-state index is -0.112. The van der Waals surface area contributed by atoms with Crippen molar-refractivity contribution < 1.29 is 5.11 Å². The van der Waals surface area contributed by atoms with Crippen molar-refractivity contribution in [2.45, 2.75) is 51.2 Å². The van der Waals surface area contributed by atoms with Gasteiger partial charge in [-0.05, 0) is 32.7 Å². The van der Waals surface area contributed by atoms with Gasteiger partial charge in [0, 0.05) is 6.04 Å². The second kappa shape index (κ2) is 6.17. The molecule has 0 aliphatic heterocycles. The number of hydrogen-bond acceptors (Lipinski definition) is 2. The van der Waals surface area contributed by atoms with Gasteiger partial charge in [-0.2, -0.15) is 0 Å². The fourth-order valence-electron chi connectivity index (χ4n) is 1.87. The van der Waals surface area contributed by atoms with Crippen molar-refractivity contribution in [3.05, 3.63) is 12.2 Å². The Morgan fingerprint density at radius 1 is 1.38 bits per heavy atom. The number of hydrogen-bond donors (Lipinski definition) is 2. The molecule has 13 heavy (non-hydrogen) atoms. The summed E-state index contributed by atoms with van der Waals surface area (Å²) in [5, 5.41) is 13.0. The first-order valence-corrected chi connectivity index (χ1v) is 5.37. The zero-order valence-electron chi connectivity index (χ0n) is 8.50. The van der Waals surface area contributed by atoms with Crippen LogP contribution in [-0.4, -0.2) is 23.8 Å². The summed E-state index contributed by atoms with van der Waals surface area (Å²) in [6.07, 6.45) is 9.74. The highest BCUT2D eigenvalue weighted by Gasteiger charge is 2.21. The van der Waals surface area contributed by atoms with E-state index in [-0.39, 0.29) is 6.10 Å². The van der Waals surface area contributed by atoms with E-state index < -0.39 is 0 Å². The lowest BCUT2D eigenvalue weighted by Gasteiger charge is -2.28. The van der Waals surface area contributed by atoms with Crippen LogP contribution in [0.4, 0.5) is 0 Å². The molecule has 0 unspecified atom stereocenters. The lowest BCUT2D eigenvalue weighted by molar-refractivity contribution is 0.0915. The molecule has 1 fully saturated rings. The topological polar surface area (TPSA) is 32.3 Å². The molecule has 0 amide bonds. The van der Waals surface area contributed by atoms with E-state index in [2.05, 4.69) is 17.5 Å². The van der Waals surface area contributed by atoms with Crippen LogP contribution in [0.1, 0.15) is 39.0 Å². The lowest BCUT2D eigenvalue weighted by Crippen LogP contribution is -2.42. The second-order valence-electron chi connectivity index (χ2n) is 3.77. The van der Waals surface area contributed by atoms with Gasteiger partial charge >= 0.3 is 0 Å². The van der Waals surface area contributed by atoms with E-state index in [0.717, 1.165) is 25.8 Å². The quantitative estimate of drug-likeness (QED) is 0.515. The Morgan fingerprint density at radius 3 is 2.85 bits per heavy atom. The first-order valence-electron chi connectivity index (χ1n) is 5.37. The Balaban J connectivity index is 2.11. The monoisotopic (exact) mass is 183 g/mol. The van der Waals surface area contributed by atoms with Gasteiger partial charge in [0.15, 0.2) is 0 Å². The van der Waals surface area contributed by atoms with Crippen LogP contribution >= 0.6 is 0 Å². The zero-order valence-corrected chi connectivity index (χ0v) is 8.50. The number of rotatable bonds is 4. The first-order chi connectivity index (χ1) is 6.34. The number of aliphatic hydroxyl groups is 1. The van der Waals surface area contributed by atoms with E-state index in [9.17, 15) is 5.11 Å². The molecule has 1 aliphatic rings. The van der Waals surface area contributed by atoms with Crippen molar-refractivity contribution in [2.75, 3.05) is 6.54 Å². The van der Waals surface area contributed by atoms with Gasteiger partial charge in [-0.25, -0.2) is 0 Å². The van der Waals surface area contributed by atoms with E-state index in [1.54, 1.807) is 0 Å². The van der Waals surface area contributed by atoms with Gasteiger partial charge in [-0.1, -0.05) is 25.0 Å². The molecule has 1 saturated carbocycles. The molecule has 2 atom stereocenters. The molecule has 2 nitrogen and oxygen atoms in total. The van der Waals surface area contributed by atoms with Crippen LogP contribution in [0.25, 0.3) is 0 Å². The fraction of sp³-hybridized carbons (Fsp3) is 0.818. The van der Waals surface area contributed by atoms with Crippen molar-refractivity contribution in [3.63, 3.8) is 0 Å². The third-order valence-electron chi connectivity index (χ3n) is 2.68. The van der Waals surface area contributed by atoms with Crippen LogP contribution in [0.2, 0.25) is 0 Å². The minimum Gasteiger partial charge on any atom is -0.392 e. The zero-order chi connectivity index (χ0) is 9.52. The molecule has 0 aromatic heterocycles. The molecule has 0 radical (unpaired) electrons. The maximum Gasteiger partial charge on any atom is 0.0693 e. The van der Waals surface area contributed by atoms with Gasteiger partial charge in [0.1, 0.15) is 0 Å². The average Bonchev–Trinajstić information content (AvgIpc) is 2.15. The Hall–Kier alpha value is -0.340. The Labute approximate surface area is 81.0 Å². The van der Waals surface area contributed by atoms with Crippen molar-refractivity contribution >= 4 is 0 Å². The van der Waals surface area contributed by atoms with Gasteiger partial charge in [-0.15, -0.1) is 0 Å². The first kappa shape index (κ1) is 10.7. The summed E-state index contributed by atoms with van der Waals surface area (Å²) in [6, 6.07) is 0.346. The second-order valence-corrected chi connectivity index (χ2v) is 3.77. The van der Waals surface area contributed by atoms with Crippen LogP contribution in [0.15, 0.2) is 12.2 Å². The molecule has 2 N–H and O–H groups in total. The van der Waals surface area contributed by atoms with Gasteiger partial charge in [-0.3, -0.25) is 0 Å². The molecule has 0 saturated heterocycles. The summed E-state index contributed by atoms with van der Waals surface area (Å²) >= 11 is 0. The summed E-state index contributed by atoms with van der Waals surface area (Å²) in [7, 11) is 0. The molecule has 1 aliphatic carbocycles. The highest BCUT2D eigenvalue weighted by atomic mass is 16.3. The lowest BCUT2D eigenvalue weighted by atomic mass is 9.92. The summed E-state index contributed by atoms with van der Waals surface area (Å²) in [6.45, 7) is 3.03. The summed E-state index contributed by atoms with van der Waals surface area (Å²) in [5.74, 6) is 0. The molecular formula is C11H21NO. The van der Waals surface area contributed by atoms with Crippen LogP contribution in [-0.2, 0) is 0 Å². The predicted molar refractivity (Wildman–Crippen MR) is 55.7 cm³/mol. The van der Waals surface area contributed by atoms with Gasteiger partial charge in [0.25, 0.3) is 0 Å². The van der Waals surface area contributed by atoms with Crippen LogP contribution < -0.4 is 5.32 Å². The Morgan fingerprint density at radius 2 is 2.15 bits per heavy atom. The minimum absolute atomic E-state index is 0.112. The van der Waals surface area contributed by atoms with Gasteiger partial charge < -0.3 is 10.4 Å². The van der Waals surface area contributed by atoms with Gasteiger partial charge in [0.2, 0.25) is 0 Å². The molecular weight excluding hydrogens is 162 g/mol. The molecule has 0 bridgehead atoms. The molecule has 76 valence electrons. The highest BCUT2D eigenvalue weighted by molar-refractivity contribution is 4.83. The van der Waals surface area contributed by atoms with Crippen molar-refractivity contribution in [3.8, 4) is 0 Å².